The molecule has 8 heteroatoms. The maximum Gasteiger partial charge on any atom is 0.428 e. The topological polar surface area (TPSA) is 50.7 Å². The maximum atomic E-state index is 13.1. The van der Waals surface area contributed by atoms with Gasteiger partial charge in [-0.2, -0.15) is 18.3 Å². The average Bonchev–Trinajstić information content (AvgIpc) is 2.33. The van der Waals surface area contributed by atoms with Crippen molar-refractivity contribution in [2.45, 2.75) is 12.6 Å². The second-order valence-corrected chi connectivity index (χ2v) is 3.85. The third kappa shape index (κ3) is 3.21. The lowest BCUT2D eigenvalue weighted by molar-refractivity contribution is -0.140. The molecule has 0 aromatic heterocycles. The Morgan fingerprint density at radius 2 is 2.11 bits per heavy atom. The van der Waals surface area contributed by atoms with Crippen LogP contribution in [0.25, 0.3) is 0 Å². The van der Waals surface area contributed by atoms with Gasteiger partial charge in [0.1, 0.15) is 12.4 Å². The molecule has 1 N–H and O–H groups in total. The number of hydrogen-bond acceptors (Lipinski definition) is 3. The quantitative estimate of drug-likeness (QED) is 0.844. The molecule has 4 nitrogen and oxygen atoms in total. The normalized spacial score (nSPS) is 15.6. The molecular weight excluding hydrogens is 268 g/mol. The van der Waals surface area contributed by atoms with Crippen LogP contribution in [0.5, 0.6) is 0 Å². The Morgan fingerprint density at radius 1 is 1.37 bits per heavy atom. The molecule has 0 aliphatic carbocycles. The summed E-state index contributed by atoms with van der Waals surface area (Å²) < 4.78 is 55.2. The Morgan fingerprint density at radius 3 is 2.68 bits per heavy atom. The summed E-state index contributed by atoms with van der Waals surface area (Å²) in [5.74, 6) is -1.33. The van der Waals surface area contributed by atoms with Crippen molar-refractivity contribution in [2.75, 3.05) is 6.61 Å². The second-order valence-electron chi connectivity index (χ2n) is 3.85. The molecular formula is C11H8F4N2O2. The summed E-state index contributed by atoms with van der Waals surface area (Å²) >= 11 is 0. The Labute approximate surface area is 105 Å². The highest BCUT2D eigenvalue weighted by atomic mass is 19.4. The zero-order valence-electron chi connectivity index (χ0n) is 9.42. The highest BCUT2D eigenvalue weighted by Crippen LogP contribution is 2.32. The van der Waals surface area contributed by atoms with E-state index in [0.717, 1.165) is 6.07 Å². The van der Waals surface area contributed by atoms with Crippen molar-refractivity contribution >= 4 is 11.8 Å². The van der Waals surface area contributed by atoms with Crippen LogP contribution >= 0.6 is 0 Å². The second kappa shape index (κ2) is 4.87. The molecule has 102 valence electrons. The molecule has 0 saturated carbocycles. The van der Waals surface area contributed by atoms with Crippen molar-refractivity contribution in [3.05, 3.63) is 35.1 Å². The van der Waals surface area contributed by atoms with Crippen molar-refractivity contribution in [1.29, 1.82) is 0 Å². The van der Waals surface area contributed by atoms with Gasteiger partial charge in [0.05, 0.1) is 11.3 Å². The predicted molar refractivity (Wildman–Crippen MR) is 57.0 cm³/mol. The number of benzene rings is 1. The van der Waals surface area contributed by atoms with Crippen LogP contribution in [0.3, 0.4) is 0 Å². The number of carbonyl (C=O) groups is 1. The van der Waals surface area contributed by atoms with E-state index in [1.165, 1.54) is 6.07 Å². The molecule has 1 heterocycles. The van der Waals surface area contributed by atoms with Gasteiger partial charge >= 0.3 is 12.3 Å². The minimum atomic E-state index is -4.75. The number of cyclic esters (lactones) is 1. The van der Waals surface area contributed by atoms with E-state index in [1.807, 2.05) is 5.43 Å². The molecule has 19 heavy (non-hydrogen) atoms. The van der Waals surface area contributed by atoms with E-state index in [1.54, 1.807) is 0 Å². The van der Waals surface area contributed by atoms with Crippen molar-refractivity contribution in [3.63, 3.8) is 0 Å². The molecule has 1 amide bonds. The first-order valence-electron chi connectivity index (χ1n) is 5.20. The lowest BCUT2D eigenvalue weighted by Crippen LogP contribution is -2.31. The standard InChI is InChI=1S/C11H8F4N2O2/c12-9-2-1-6(4-8(9)11(13,14)15)3-7-5-19-10(18)17-16-7/h1-2,4H,3,5H2,(H,17,18). The van der Waals surface area contributed by atoms with Gasteiger partial charge in [0.25, 0.3) is 0 Å². The van der Waals surface area contributed by atoms with Crippen LogP contribution in [0.4, 0.5) is 22.4 Å². The molecule has 1 aromatic carbocycles. The summed E-state index contributed by atoms with van der Waals surface area (Å²) in [6.07, 6.45) is -5.44. The van der Waals surface area contributed by atoms with Crippen molar-refractivity contribution in [1.82, 2.24) is 5.43 Å². The first-order valence-corrected chi connectivity index (χ1v) is 5.20. The maximum absolute atomic E-state index is 13.1. The van der Waals surface area contributed by atoms with Crippen molar-refractivity contribution in [2.24, 2.45) is 5.10 Å². The number of alkyl halides is 3. The lowest BCUT2D eigenvalue weighted by atomic mass is 10.0. The fraction of sp³-hybridized carbons (Fsp3) is 0.273. The molecule has 0 unspecified atom stereocenters. The fourth-order valence-electron chi connectivity index (χ4n) is 1.56. The summed E-state index contributed by atoms with van der Waals surface area (Å²) in [5, 5.41) is 3.64. The number of rotatable bonds is 2. The first-order chi connectivity index (χ1) is 8.86. The van der Waals surface area contributed by atoms with Gasteiger partial charge in [-0.3, -0.25) is 0 Å². The van der Waals surface area contributed by atoms with E-state index in [0.29, 0.717) is 11.8 Å². The number of ether oxygens (including phenoxy) is 1. The van der Waals surface area contributed by atoms with Crippen LogP contribution in [-0.4, -0.2) is 18.4 Å². The summed E-state index contributed by atoms with van der Waals surface area (Å²) in [5.41, 5.74) is 1.29. The van der Waals surface area contributed by atoms with Crippen LogP contribution in [-0.2, 0) is 17.3 Å². The highest BCUT2D eigenvalue weighted by Gasteiger charge is 2.34. The number of nitrogens with one attached hydrogen (secondary N) is 1. The molecule has 0 atom stereocenters. The Balaban J connectivity index is 2.20. The third-order valence-corrected chi connectivity index (χ3v) is 2.42. The summed E-state index contributed by atoms with van der Waals surface area (Å²) in [4.78, 5) is 10.7. The van der Waals surface area contributed by atoms with Gasteiger partial charge in [0, 0.05) is 6.42 Å². The van der Waals surface area contributed by atoms with Crippen molar-refractivity contribution < 1.29 is 27.1 Å². The number of hydrogen-bond donors (Lipinski definition) is 1. The van der Waals surface area contributed by atoms with Crippen LogP contribution < -0.4 is 5.43 Å². The van der Waals surface area contributed by atoms with E-state index in [-0.39, 0.29) is 18.6 Å². The predicted octanol–water partition coefficient (Wildman–Crippen LogP) is 2.48. The Kier molecular flexibility index (Phi) is 3.41. The van der Waals surface area contributed by atoms with Gasteiger partial charge < -0.3 is 4.74 Å². The molecule has 2 rings (SSSR count). The minimum absolute atomic E-state index is 0.0314. The number of nitrogens with zero attached hydrogens (tertiary/aromatic N) is 1. The summed E-state index contributed by atoms with van der Waals surface area (Å²) in [6, 6.07) is 2.69. The van der Waals surface area contributed by atoms with Gasteiger partial charge in [0.15, 0.2) is 0 Å². The monoisotopic (exact) mass is 276 g/mol. The number of halogens is 4. The molecule has 0 bridgehead atoms. The molecule has 0 radical (unpaired) electrons. The molecule has 1 aromatic rings. The van der Waals surface area contributed by atoms with Gasteiger partial charge in [-0.05, 0) is 17.7 Å². The first kappa shape index (κ1) is 13.3. The van der Waals surface area contributed by atoms with E-state index < -0.39 is 23.7 Å². The molecule has 1 aliphatic heterocycles. The zero-order valence-corrected chi connectivity index (χ0v) is 9.42. The Bertz CT molecular complexity index is 540. The lowest BCUT2D eigenvalue weighted by Gasteiger charge is -2.14. The van der Waals surface area contributed by atoms with Crippen LogP contribution in [0.2, 0.25) is 0 Å². The van der Waals surface area contributed by atoms with Gasteiger partial charge in [-0.15, -0.1) is 0 Å². The smallest absolute Gasteiger partial charge is 0.428 e. The summed E-state index contributed by atoms with van der Waals surface area (Å²) in [7, 11) is 0. The van der Waals surface area contributed by atoms with Crippen LogP contribution in [0.15, 0.2) is 23.3 Å². The molecule has 0 fully saturated rings. The van der Waals surface area contributed by atoms with Crippen LogP contribution in [0, 0.1) is 5.82 Å². The minimum Gasteiger partial charge on any atom is -0.442 e. The van der Waals surface area contributed by atoms with Crippen LogP contribution in [0.1, 0.15) is 11.1 Å². The molecule has 0 saturated heterocycles. The van der Waals surface area contributed by atoms with E-state index in [4.69, 9.17) is 0 Å². The van der Waals surface area contributed by atoms with Gasteiger partial charge in [-0.25, -0.2) is 14.6 Å². The number of amides is 1. The largest absolute Gasteiger partial charge is 0.442 e. The zero-order chi connectivity index (χ0) is 14.0. The van der Waals surface area contributed by atoms with E-state index >= 15 is 0 Å². The number of carbonyl (C=O) groups excluding carboxylic acids is 1. The number of hydrazone groups is 1. The van der Waals surface area contributed by atoms with E-state index in [9.17, 15) is 22.4 Å². The average molecular weight is 276 g/mol. The summed E-state index contributed by atoms with van der Waals surface area (Å²) in [6.45, 7) is -0.107. The van der Waals surface area contributed by atoms with Gasteiger partial charge in [-0.1, -0.05) is 6.07 Å². The third-order valence-electron chi connectivity index (χ3n) is 2.42. The molecule has 0 spiro atoms. The SMILES string of the molecule is O=C1NN=C(Cc2ccc(F)c(C(F)(F)F)c2)CO1. The Hall–Kier alpha value is -2.12. The van der Waals surface area contributed by atoms with E-state index in [2.05, 4.69) is 9.84 Å². The molecule has 1 aliphatic rings. The van der Waals surface area contributed by atoms with Crippen molar-refractivity contribution in [3.8, 4) is 0 Å². The highest BCUT2D eigenvalue weighted by molar-refractivity contribution is 5.91. The van der Waals surface area contributed by atoms with Gasteiger partial charge in [0.2, 0.25) is 0 Å². The fourth-order valence-corrected chi connectivity index (χ4v) is 1.56.